The average Bonchev–Trinajstić information content (AvgIpc) is 3.14. The maximum absolute atomic E-state index is 12.4. The highest BCUT2D eigenvalue weighted by atomic mass is 32.2. The second-order valence-electron chi connectivity index (χ2n) is 7.52. The SMILES string of the molecule is CN(C)c1ccc(/C=C2/SC(N3CCN(c4ccccc4[N+](=O)[O-])CC3)=NC2=O)cc1. The normalized spacial score (nSPS) is 17.8. The first-order chi connectivity index (χ1) is 14.9. The molecule has 0 spiro atoms. The first-order valence-corrected chi connectivity index (χ1v) is 10.8. The van der Waals surface area contributed by atoms with Gasteiger partial charge in [0.15, 0.2) is 5.17 Å². The van der Waals surface area contributed by atoms with Gasteiger partial charge in [-0.05, 0) is 41.6 Å². The molecule has 0 aromatic heterocycles. The van der Waals surface area contributed by atoms with E-state index < -0.39 is 0 Å². The summed E-state index contributed by atoms with van der Waals surface area (Å²) in [5.74, 6) is -0.224. The fraction of sp³-hybridized carbons (Fsp3) is 0.273. The van der Waals surface area contributed by atoms with Crippen LogP contribution in [0.3, 0.4) is 0 Å². The molecule has 0 unspecified atom stereocenters. The van der Waals surface area contributed by atoms with Gasteiger partial charge in [-0.3, -0.25) is 14.9 Å². The van der Waals surface area contributed by atoms with Crippen LogP contribution in [0.5, 0.6) is 0 Å². The monoisotopic (exact) mass is 437 g/mol. The van der Waals surface area contributed by atoms with E-state index in [1.807, 2.05) is 60.3 Å². The predicted octanol–water partition coefficient (Wildman–Crippen LogP) is 3.45. The Kier molecular flexibility index (Phi) is 5.94. The highest BCUT2D eigenvalue weighted by molar-refractivity contribution is 8.18. The number of anilines is 2. The average molecular weight is 438 g/mol. The van der Waals surface area contributed by atoms with Gasteiger partial charge in [0.25, 0.3) is 11.6 Å². The van der Waals surface area contributed by atoms with Gasteiger partial charge >= 0.3 is 0 Å². The summed E-state index contributed by atoms with van der Waals surface area (Å²) >= 11 is 1.39. The van der Waals surface area contributed by atoms with Crippen LogP contribution < -0.4 is 9.80 Å². The minimum atomic E-state index is -0.348. The summed E-state index contributed by atoms with van der Waals surface area (Å²) < 4.78 is 0. The Morgan fingerprint density at radius 1 is 1.03 bits per heavy atom. The third kappa shape index (κ3) is 4.56. The van der Waals surface area contributed by atoms with E-state index in [2.05, 4.69) is 9.89 Å². The number of rotatable bonds is 4. The summed E-state index contributed by atoms with van der Waals surface area (Å²) in [6.07, 6.45) is 1.87. The topological polar surface area (TPSA) is 82.3 Å². The number of carbonyl (C=O) groups excluding carboxylic acids is 1. The van der Waals surface area contributed by atoms with Crippen molar-refractivity contribution in [2.24, 2.45) is 4.99 Å². The Bertz CT molecular complexity index is 1060. The zero-order valence-corrected chi connectivity index (χ0v) is 18.2. The van der Waals surface area contributed by atoms with Gasteiger partial charge in [0, 0.05) is 52.0 Å². The van der Waals surface area contributed by atoms with Crippen LogP contribution >= 0.6 is 11.8 Å². The minimum absolute atomic E-state index is 0.115. The van der Waals surface area contributed by atoms with Crippen molar-refractivity contribution >= 4 is 46.0 Å². The van der Waals surface area contributed by atoms with Gasteiger partial charge in [-0.1, -0.05) is 24.3 Å². The highest BCUT2D eigenvalue weighted by Crippen LogP contribution is 2.33. The number of hydrogen-bond acceptors (Lipinski definition) is 7. The molecule has 1 fully saturated rings. The number of carbonyl (C=O) groups is 1. The fourth-order valence-electron chi connectivity index (χ4n) is 3.58. The molecule has 1 amide bonds. The number of aliphatic imine (C=N–C) groups is 1. The summed E-state index contributed by atoms with van der Waals surface area (Å²) in [6, 6.07) is 14.8. The number of amides is 1. The van der Waals surface area contributed by atoms with Gasteiger partial charge in [0.05, 0.1) is 9.83 Å². The van der Waals surface area contributed by atoms with Crippen molar-refractivity contribution in [1.82, 2.24) is 4.90 Å². The van der Waals surface area contributed by atoms with E-state index >= 15 is 0 Å². The quantitative estimate of drug-likeness (QED) is 0.412. The van der Waals surface area contributed by atoms with Gasteiger partial charge in [-0.2, -0.15) is 4.99 Å². The van der Waals surface area contributed by atoms with Gasteiger partial charge in [0.2, 0.25) is 0 Å². The Morgan fingerprint density at radius 2 is 1.68 bits per heavy atom. The third-order valence-corrected chi connectivity index (χ3v) is 6.33. The number of para-hydroxylation sites is 2. The van der Waals surface area contributed by atoms with Crippen LogP contribution in [0.25, 0.3) is 6.08 Å². The molecule has 0 aliphatic carbocycles. The molecule has 2 aromatic rings. The smallest absolute Gasteiger partial charge is 0.292 e. The number of thioether (sulfide) groups is 1. The van der Waals surface area contributed by atoms with Crippen LogP contribution in [-0.2, 0) is 4.79 Å². The van der Waals surface area contributed by atoms with Gasteiger partial charge in [0.1, 0.15) is 5.69 Å². The molecule has 31 heavy (non-hydrogen) atoms. The van der Waals surface area contributed by atoms with Crippen molar-refractivity contribution in [1.29, 1.82) is 0 Å². The van der Waals surface area contributed by atoms with Gasteiger partial charge in [-0.25, -0.2) is 0 Å². The van der Waals surface area contributed by atoms with Crippen molar-refractivity contribution in [2.45, 2.75) is 0 Å². The maximum Gasteiger partial charge on any atom is 0.292 e. The van der Waals surface area contributed by atoms with E-state index in [0.717, 1.165) is 11.3 Å². The van der Waals surface area contributed by atoms with Crippen LogP contribution in [0.4, 0.5) is 17.1 Å². The van der Waals surface area contributed by atoms with E-state index in [-0.39, 0.29) is 16.5 Å². The number of amidine groups is 1. The first-order valence-electron chi connectivity index (χ1n) is 9.95. The number of nitrogens with zero attached hydrogens (tertiary/aromatic N) is 5. The number of benzene rings is 2. The molecule has 0 bridgehead atoms. The van der Waals surface area contributed by atoms with Crippen molar-refractivity contribution in [3.05, 3.63) is 69.1 Å². The molecule has 0 radical (unpaired) electrons. The van der Waals surface area contributed by atoms with Crippen LogP contribution in [0.2, 0.25) is 0 Å². The Labute approximate surface area is 185 Å². The lowest BCUT2D eigenvalue weighted by Crippen LogP contribution is -2.48. The number of nitro benzene ring substituents is 1. The molecule has 9 heteroatoms. The molecule has 2 aromatic carbocycles. The van der Waals surface area contributed by atoms with Crippen molar-refractivity contribution in [2.75, 3.05) is 50.1 Å². The second-order valence-corrected chi connectivity index (χ2v) is 8.53. The van der Waals surface area contributed by atoms with Crippen LogP contribution in [-0.4, -0.2) is 61.2 Å². The predicted molar refractivity (Wildman–Crippen MR) is 126 cm³/mol. The van der Waals surface area contributed by atoms with Gasteiger partial charge in [-0.15, -0.1) is 0 Å². The highest BCUT2D eigenvalue weighted by Gasteiger charge is 2.30. The molecule has 160 valence electrons. The Hall–Kier alpha value is -3.33. The number of nitro groups is 1. The zero-order chi connectivity index (χ0) is 22.0. The van der Waals surface area contributed by atoms with E-state index in [1.165, 1.54) is 17.8 Å². The van der Waals surface area contributed by atoms with Crippen LogP contribution in [0.1, 0.15) is 5.56 Å². The Morgan fingerprint density at radius 3 is 2.32 bits per heavy atom. The molecule has 2 aliphatic rings. The van der Waals surface area contributed by atoms with Crippen molar-refractivity contribution in [3.8, 4) is 0 Å². The van der Waals surface area contributed by atoms with E-state index in [1.54, 1.807) is 12.1 Å². The summed E-state index contributed by atoms with van der Waals surface area (Å²) in [7, 11) is 3.97. The van der Waals surface area contributed by atoms with Crippen LogP contribution in [0, 0.1) is 10.1 Å². The van der Waals surface area contributed by atoms with Crippen molar-refractivity contribution < 1.29 is 9.72 Å². The molecule has 4 rings (SSSR count). The standard InChI is InChI=1S/C22H23N5O3S/c1-24(2)17-9-7-16(8-10-17)15-20-21(28)23-22(31-20)26-13-11-25(12-14-26)18-5-3-4-6-19(18)27(29)30/h3-10,15H,11-14H2,1-2H3/b20-15+. The Balaban J connectivity index is 1.40. The lowest BCUT2D eigenvalue weighted by atomic mass is 10.2. The number of hydrogen-bond donors (Lipinski definition) is 0. The number of piperazine rings is 1. The third-order valence-electron chi connectivity index (χ3n) is 5.29. The van der Waals surface area contributed by atoms with E-state index in [4.69, 9.17) is 0 Å². The second kappa shape index (κ2) is 8.81. The summed E-state index contributed by atoms with van der Waals surface area (Å²) in [6.45, 7) is 2.55. The maximum atomic E-state index is 12.4. The lowest BCUT2D eigenvalue weighted by Gasteiger charge is -2.36. The first kappa shape index (κ1) is 20.9. The van der Waals surface area contributed by atoms with Gasteiger partial charge < -0.3 is 14.7 Å². The fourth-order valence-corrected chi connectivity index (χ4v) is 4.54. The summed E-state index contributed by atoms with van der Waals surface area (Å²) in [4.78, 5) is 34.3. The van der Waals surface area contributed by atoms with Crippen LogP contribution in [0.15, 0.2) is 58.4 Å². The molecule has 2 aliphatic heterocycles. The molecule has 0 atom stereocenters. The van der Waals surface area contributed by atoms with E-state index in [0.29, 0.717) is 41.9 Å². The van der Waals surface area contributed by atoms with Crippen molar-refractivity contribution in [3.63, 3.8) is 0 Å². The summed E-state index contributed by atoms with van der Waals surface area (Å²) in [5, 5.41) is 12.0. The largest absolute Gasteiger partial charge is 0.378 e. The molecular weight excluding hydrogens is 414 g/mol. The minimum Gasteiger partial charge on any atom is -0.378 e. The van der Waals surface area contributed by atoms with E-state index in [9.17, 15) is 14.9 Å². The molecule has 0 N–H and O–H groups in total. The molecule has 2 heterocycles. The summed E-state index contributed by atoms with van der Waals surface area (Å²) in [5.41, 5.74) is 2.80. The lowest BCUT2D eigenvalue weighted by molar-refractivity contribution is -0.384. The molecular formula is C22H23N5O3S. The molecule has 8 nitrogen and oxygen atoms in total. The molecule has 1 saturated heterocycles. The zero-order valence-electron chi connectivity index (χ0n) is 17.4. The molecule has 0 saturated carbocycles.